The molecule has 0 aromatic heterocycles. The molecule has 0 radical (unpaired) electrons. The lowest BCUT2D eigenvalue weighted by Gasteiger charge is -2.34. The Bertz CT molecular complexity index is 1120. The second-order valence-corrected chi connectivity index (χ2v) is 22.9. The first-order valence-electron chi connectivity index (χ1n) is 13.9. The molecule has 0 aliphatic heterocycles. The summed E-state index contributed by atoms with van der Waals surface area (Å²) in [5, 5.41) is 0. The fourth-order valence-electron chi connectivity index (χ4n) is 5.23. The monoisotopic (exact) mass is 528 g/mol. The van der Waals surface area contributed by atoms with Crippen LogP contribution in [0.1, 0.15) is 47.9 Å². The van der Waals surface area contributed by atoms with Gasteiger partial charge in [0.05, 0.1) is 0 Å². The Morgan fingerprint density at radius 1 is 0.622 bits per heavy atom. The van der Waals surface area contributed by atoms with Crippen molar-refractivity contribution in [2.24, 2.45) is 0 Å². The first-order valence-corrected chi connectivity index (χ1v) is 20.9. The van der Waals surface area contributed by atoms with Crippen molar-refractivity contribution in [1.82, 2.24) is 9.80 Å². The third kappa shape index (κ3) is 7.95. The van der Waals surface area contributed by atoms with Gasteiger partial charge in [-0.2, -0.15) is 0 Å². The van der Waals surface area contributed by atoms with Crippen molar-refractivity contribution in [1.29, 1.82) is 0 Å². The van der Waals surface area contributed by atoms with E-state index in [2.05, 4.69) is 137 Å². The van der Waals surface area contributed by atoms with Crippen molar-refractivity contribution < 1.29 is 0 Å². The summed E-state index contributed by atoms with van der Waals surface area (Å²) in [7, 11) is 5.84. The standard InChI is InChI=1S/C33H48N2Si2/c1-34(2)21-11-19-33(20-12-22-35(3)4)31-25-27(17-23-36(5,6)7)13-15-29(31)30-16-14-28(26-32(30)33)18-24-37(8,9)10/h13-16,25-26H,11-12,19-22H2,1-10H3. The minimum atomic E-state index is -1.45. The summed E-state index contributed by atoms with van der Waals surface area (Å²) in [6, 6.07) is 14.0. The van der Waals surface area contributed by atoms with Crippen LogP contribution in [0, 0.1) is 22.9 Å². The van der Waals surface area contributed by atoms with E-state index in [1.54, 1.807) is 0 Å². The van der Waals surface area contributed by atoms with Crippen LogP contribution in [0.3, 0.4) is 0 Å². The summed E-state index contributed by atoms with van der Waals surface area (Å²) < 4.78 is 0. The highest BCUT2D eigenvalue weighted by Gasteiger charge is 2.42. The molecular formula is C33H48N2Si2. The third-order valence-electron chi connectivity index (χ3n) is 6.94. The number of benzene rings is 2. The molecule has 37 heavy (non-hydrogen) atoms. The van der Waals surface area contributed by atoms with Gasteiger partial charge >= 0.3 is 0 Å². The van der Waals surface area contributed by atoms with Gasteiger partial charge in [-0.3, -0.25) is 0 Å². The largest absolute Gasteiger partial charge is 0.309 e. The molecule has 2 aromatic carbocycles. The van der Waals surface area contributed by atoms with Crippen molar-refractivity contribution in [3.05, 3.63) is 58.7 Å². The zero-order valence-corrected chi connectivity index (χ0v) is 27.1. The highest BCUT2D eigenvalue weighted by molar-refractivity contribution is 6.84. The molecule has 0 N–H and O–H groups in total. The van der Waals surface area contributed by atoms with Gasteiger partial charge in [0.25, 0.3) is 0 Å². The molecule has 4 heteroatoms. The molecule has 3 rings (SSSR count). The molecule has 0 spiro atoms. The molecule has 0 amide bonds. The first kappa shape index (κ1) is 29.5. The second kappa shape index (κ2) is 11.8. The molecule has 0 atom stereocenters. The Kier molecular flexibility index (Phi) is 9.36. The second-order valence-electron chi connectivity index (χ2n) is 13.4. The van der Waals surface area contributed by atoms with Crippen LogP contribution in [0.4, 0.5) is 0 Å². The number of hydrogen-bond donors (Lipinski definition) is 0. The molecule has 1 aliphatic carbocycles. The average Bonchev–Trinajstić information content (AvgIpc) is 3.04. The number of hydrogen-bond acceptors (Lipinski definition) is 2. The van der Waals surface area contributed by atoms with Crippen LogP contribution in [0.5, 0.6) is 0 Å². The van der Waals surface area contributed by atoms with Crippen LogP contribution in [0.25, 0.3) is 11.1 Å². The Balaban J connectivity index is 2.20. The summed E-state index contributed by atoms with van der Waals surface area (Å²) in [4.78, 5) is 4.63. The number of rotatable bonds is 8. The Hall–Kier alpha value is -2.09. The van der Waals surface area contributed by atoms with Gasteiger partial charge in [-0.05, 0) is 113 Å². The van der Waals surface area contributed by atoms with E-state index < -0.39 is 16.1 Å². The number of fused-ring (bicyclic) bond motifs is 3. The van der Waals surface area contributed by atoms with Gasteiger partial charge in [0.15, 0.2) is 0 Å². The van der Waals surface area contributed by atoms with Gasteiger partial charge < -0.3 is 9.80 Å². The van der Waals surface area contributed by atoms with E-state index >= 15 is 0 Å². The van der Waals surface area contributed by atoms with Gasteiger partial charge in [-0.15, -0.1) is 11.1 Å². The van der Waals surface area contributed by atoms with Crippen molar-refractivity contribution in [3.8, 4) is 34.1 Å². The molecular weight excluding hydrogens is 481 g/mol. The van der Waals surface area contributed by atoms with Crippen molar-refractivity contribution in [2.45, 2.75) is 70.4 Å². The van der Waals surface area contributed by atoms with Gasteiger partial charge in [0, 0.05) is 16.5 Å². The zero-order chi connectivity index (χ0) is 27.4. The van der Waals surface area contributed by atoms with E-state index in [4.69, 9.17) is 0 Å². The molecule has 2 nitrogen and oxygen atoms in total. The average molecular weight is 529 g/mol. The Morgan fingerprint density at radius 3 is 1.32 bits per heavy atom. The summed E-state index contributed by atoms with van der Waals surface area (Å²) in [5.41, 5.74) is 15.3. The van der Waals surface area contributed by atoms with E-state index in [1.165, 1.54) is 35.1 Å². The quantitative estimate of drug-likeness (QED) is 0.266. The molecule has 198 valence electrons. The van der Waals surface area contributed by atoms with Crippen LogP contribution in [0.2, 0.25) is 39.3 Å². The van der Waals surface area contributed by atoms with Gasteiger partial charge in [0.1, 0.15) is 16.1 Å². The van der Waals surface area contributed by atoms with Crippen LogP contribution in [0.15, 0.2) is 36.4 Å². The molecule has 1 aliphatic rings. The normalized spacial score (nSPS) is 14.1. The molecule has 0 unspecified atom stereocenters. The maximum absolute atomic E-state index is 3.60. The summed E-state index contributed by atoms with van der Waals surface area (Å²) in [6.07, 6.45) is 4.63. The maximum Gasteiger partial charge on any atom is 0.129 e. The zero-order valence-electron chi connectivity index (χ0n) is 25.1. The van der Waals surface area contributed by atoms with Gasteiger partial charge in [-0.25, -0.2) is 0 Å². The smallest absolute Gasteiger partial charge is 0.129 e. The maximum atomic E-state index is 3.60. The third-order valence-corrected chi connectivity index (χ3v) is 8.69. The molecule has 0 saturated heterocycles. The van der Waals surface area contributed by atoms with Crippen LogP contribution >= 0.6 is 0 Å². The van der Waals surface area contributed by atoms with Crippen molar-refractivity contribution in [3.63, 3.8) is 0 Å². The SMILES string of the molecule is CN(C)CCCC1(CCCN(C)C)c2cc(C#C[Si](C)(C)C)ccc2-c2ccc(C#C[Si](C)(C)C)cc21. The lowest BCUT2D eigenvalue weighted by molar-refractivity contribution is 0.328. The molecule has 0 fully saturated rings. The lowest BCUT2D eigenvalue weighted by Crippen LogP contribution is -2.29. The van der Waals surface area contributed by atoms with E-state index in [0.29, 0.717) is 0 Å². The van der Waals surface area contributed by atoms with Crippen molar-refractivity contribution in [2.75, 3.05) is 41.3 Å². The van der Waals surface area contributed by atoms with E-state index in [-0.39, 0.29) is 5.41 Å². The molecule has 0 bridgehead atoms. The van der Waals surface area contributed by atoms with Gasteiger partial charge in [-0.1, -0.05) is 63.3 Å². The van der Waals surface area contributed by atoms with Crippen molar-refractivity contribution >= 4 is 16.1 Å². The highest BCUT2D eigenvalue weighted by Crippen LogP contribution is 2.54. The Labute approximate surface area is 229 Å². The highest BCUT2D eigenvalue weighted by atomic mass is 28.3. The van der Waals surface area contributed by atoms with E-state index in [9.17, 15) is 0 Å². The molecule has 0 saturated carbocycles. The predicted octanol–water partition coefficient (Wildman–Crippen LogP) is 7.09. The summed E-state index contributed by atoms with van der Waals surface area (Å²) in [5.74, 6) is 7.11. The molecule has 2 aromatic rings. The van der Waals surface area contributed by atoms with Crippen LogP contribution < -0.4 is 0 Å². The van der Waals surface area contributed by atoms with Crippen LogP contribution in [-0.2, 0) is 5.41 Å². The van der Waals surface area contributed by atoms with E-state index in [0.717, 1.165) is 37.1 Å². The fraction of sp³-hybridized carbons (Fsp3) is 0.515. The first-order chi connectivity index (χ1) is 17.2. The minimum Gasteiger partial charge on any atom is -0.309 e. The summed E-state index contributed by atoms with van der Waals surface area (Å²) in [6.45, 7) is 16.1. The van der Waals surface area contributed by atoms with E-state index in [1.807, 2.05) is 0 Å². The number of nitrogens with zero attached hydrogens (tertiary/aromatic N) is 2. The van der Waals surface area contributed by atoms with Crippen LogP contribution in [-0.4, -0.2) is 67.2 Å². The predicted molar refractivity (Wildman–Crippen MR) is 169 cm³/mol. The lowest BCUT2D eigenvalue weighted by atomic mass is 9.70. The fourth-order valence-corrected chi connectivity index (χ4v) is 6.27. The molecule has 0 heterocycles. The minimum absolute atomic E-state index is 0.00435. The topological polar surface area (TPSA) is 6.48 Å². The van der Waals surface area contributed by atoms with Gasteiger partial charge in [0.2, 0.25) is 0 Å². The summed E-state index contributed by atoms with van der Waals surface area (Å²) >= 11 is 0. The Morgan fingerprint density at radius 2 is 1.00 bits per heavy atom.